The van der Waals surface area contributed by atoms with Crippen LogP contribution in [0.15, 0.2) is 84.0 Å². The van der Waals surface area contributed by atoms with Crippen LogP contribution in [0.1, 0.15) is 30.9 Å². The average molecular weight is 383 g/mol. The van der Waals surface area contributed by atoms with Crippen LogP contribution in [0.2, 0.25) is 0 Å². The SMILES string of the molecule is CCCCOC(=O)C(C#N)=C1C=C(c2ccccc2)C(=O)C(c2ccccc2)=C1. The lowest BCUT2D eigenvalue weighted by molar-refractivity contribution is -0.138. The number of rotatable bonds is 6. The first-order valence-corrected chi connectivity index (χ1v) is 9.56. The molecule has 0 unspecified atom stereocenters. The molecule has 0 spiro atoms. The zero-order valence-electron chi connectivity index (χ0n) is 16.2. The van der Waals surface area contributed by atoms with Crippen LogP contribution >= 0.6 is 0 Å². The molecule has 2 aromatic carbocycles. The Bertz CT molecular complexity index is 977. The Morgan fingerprint density at radius 2 is 1.45 bits per heavy atom. The van der Waals surface area contributed by atoms with Crippen molar-refractivity contribution < 1.29 is 14.3 Å². The number of nitrogens with zero attached hydrogens (tertiary/aromatic N) is 1. The van der Waals surface area contributed by atoms with Crippen molar-refractivity contribution in [1.82, 2.24) is 0 Å². The molecule has 0 radical (unpaired) electrons. The van der Waals surface area contributed by atoms with E-state index in [0.29, 0.717) is 16.7 Å². The van der Waals surface area contributed by atoms with Gasteiger partial charge in [0.05, 0.1) is 6.61 Å². The Morgan fingerprint density at radius 1 is 0.931 bits per heavy atom. The number of allylic oxidation sites excluding steroid dienone is 5. The van der Waals surface area contributed by atoms with Gasteiger partial charge in [0.1, 0.15) is 11.6 Å². The van der Waals surface area contributed by atoms with Gasteiger partial charge in [-0.15, -0.1) is 0 Å². The minimum Gasteiger partial charge on any atom is -0.462 e. The van der Waals surface area contributed by atoms with E-state index in [-0.39, 0.29) is 18.0 Å². The van der Waals surface area contributed by atoms with E-state index in [1.807, 2.05) is 73.7 Å². The van der Waals surface area contributed by atoms with E-state index in [9.17, 15) is 14.9 Å². The predicted octanol–water partition coefficient (Wildman–Crippen LogP) is 4.90. The smallest absolute Gasteiger partial charge is 0.349 e. The monoisotopic (exact) mass is 383 g/mol. The number of nitriles is 1. The molecule has 4 heteroatoms. The first-order chi connectivity index (χ1) is 14.2. The van der Waals surface area contributed by atoms with Crippen LogP contribution in [0.5, 0.6) is 0 Å². The second kappa shape index (κ2) is 9.48. The summed E-state index contributed by atoms with van der Waals surface area (Å²) in [6.07, 6.45) is 4.82. The summed E-state index contributed by atoms with van der Waals surface area (Å²) in [5, 5.41) is 9.63. The van der Waals surface area contributed by atoms with Gasteiger partial charge in [-0.05, 0) is 29.7 Å². The van der Waals surface area contributed by atoms with Crippen LogP contribution in [0.25, 0.3) is 11.1 Å². The van der Waals surface area contributed by atoms with Crippen molar-refractivity contribution >= 4 is 22.9 Å². The number of ketones is 1. The Morgan fingerprint density at radius 3 is 1.90 bits per heavy atom. The van der Waals surface area contributed by atoms with Gasteiger partial charge in [0.2, 0.25) is 0 Å². The fourth-order valence-electron chi connectivity index (χ4n) is 3.05. The van der Waals surface area contributed by atoms with Gasteiger partial charge in [0.15, 0.2) is 5.78 Å². The number of carbonyl (C=O) groups excluding carboxylic acids is 2. The predicted molar refractivity (Wildman–Crippen MR) is 112 cm³/mol. The van der Waals surface area contributed by atoms with Crippen LogP contribution < -0.4 is 0 Å². The molecule has 0 saturated carbocycles. The van der Waals surface area contributed by atoms with Crippen LogP contribution in [-0.2, 0) is 14.3 Å². The van der Waals surface area contributed by atoms with E-state index in [4.69, 9.17) is 4.74 Å². The third-order valence-corrected chi connectivity index (χ3v) is 4.59. The van der Waals surface area contributed by atoms with Crippen molar-refractivity contribution in [2.75, 3.05) is 6.61 Å². The summed E-state index contributed by atoms with van der Waals surface area (Å²) in [6.45, 7) is 2.26. The highest BCUT2D eigenvalue weighted by molar-refractivity contribution is 6.44. The maximum absolute atomic E-state index is 13.2. The van der Waals surface area contributed by atoms with Gasteiger partial charge >= 0.3 is 5.97 Å². The van der Waals surface area contributed by atoms with Gasteiger partial charge in [-0.2, -0.15) is 5.26 Å². The maximum atomic E-state index is 13.2. The van der Waals surface area contributed by atoms with Crippen LogP contribution in [0.4, 0.5) is 0 Å². The van der Waals surface area contributed by atoms with Gasteiger partial charge in [0.25, 0.3) is 0 Å². The minimum atomic E-state index is -0.669. The zero-order valence-corrected chi connectivity index (χ0v) is 16.2. The van der Waals surface area contributed by atoms with Gasteiger partial charge < -0.3 is 4.74 Å². The molecule has 0 bridgehead atoms. The van der Waals surface area contributed by atoms with E-state index in [0.717, 1.165) is 24.0 Å². The van der Waals surface area contributed by atoms with E-state index >= 15 is 0 Å². The van der Waals surface area contributed by atoms with Crippen molar-refractivity contribution in [3.05, 3.63) is 95.1 Å². The van der Waals surface area contributed by atoms with Crippen LogP contribution in [0.3, 0.4) is 0 Å². The van der Waals surface area contributed by atoms with Crippen molar-refractivity contribution in [1.29, 1.82) is 5.26 Å². The lowest BCUT2D eigenvalue weighted by atomic mass is 9.85. The second-order valence-electron chi connectivity index (χ2n) is 6.61. The van der Waals surface area contributed by atoms with Gasteiger partial charge in [-0.25, -0.2) is 4.79 Å². The molecule has 0 aliphatic heterocycles. The number of benzene rings is 2. The standard InChI is InChI=1S/C25H21NO3/c1-2-3-14-29-25(28)23(17-26)20-15-21(18-10-6-4-7-11-18)24(27)22(16-20)19-12-8-5-9-13-19/h4-13,15-16H,2-3,14H2,1H3. The highest BCUT2D eigenvalue weighted by Crippen LogP contribution is 2.33. The van der Waals surface area contributed by atoms with Crippen LogP contribution in [-0.4, -0.2) is 18.4 Å². The van der Waals surface area contributed by atoms with Gasteiger partial charge in [-0.1, -0.05) is 74.0 Å². The molecule has 0 fully saturated rings. The third kappa shape index (κ3) is 4.59. The molecule has 144 valence electrons. The molecule has 1 aliphatic carbocycles. The molecule has 1 aliphatic rings. The lowest BCUT2D eigenvalue weighted by Crippen LogP contribution is -2.14. The summed E-state index contributed by atoms with van der Waals surface area (Å²) >= 11 is 0. The molecule has 0 aromatic heterocycles. The largest absolute Gasteiger partial charge is 0.462 e. The highest BCUT2D eigenvalue weighted by atomic mass is 16.5. The van der Waals surface area contributed by atoms with E-state index in [2.05, 4.69) is 0 Å². The van der Waals surface area contributed by atoms with Crippen LogP contribution in [0, 0.1) is 11.3 Å². The Kier molecular flexibility index (Phi) is 6.55. The number of esters is 1. The zero-order chi connectivity index (χ0) is 20.6. The fraction of sp³-hybridized carbons (Fsp3) is 0.160. The first-order valence-electron chi connectivity index (χ1n) is 9.56. The number of hydrogen-bond acceptors (Lipinski definition) is 4. The summed E-state index contributed by atoms with van der Waals surface area (Å²) in [6, 6.07) is 20.4. The Labute approximate surface area is 170 Å². The number of carbonyl (C=O) groups is 2. The van der Waals surface area contributed by atoms with E-state index < -0.39 is 5.97 Å². The quantitative estimate of drug-likeness (QED) is 0.308. The second-order valence-corrected chi connectivity index (χ2v) is 6.61. The lowest BCUT2D eigenvalue weighted by Gasteiger charge is -2.17. The van der Waals surface area contributed by atoms with Gasteiger partial charge in [-0.3, -0.25) is 4.79 Å². The molecule has 0 atom stereocenters. The molecular weight excluding hydrogens is 362 g/mol. The number of Topliss-reactive ketones (excluding diaryl/α,β-unsaturated/α-hetero) is 1. The Balaban J connectivity index is 2.12. The molecule has 0 saturated heterocycles. The molecule has 0 N–H and O–H groups in total. The molecule has 0 amide bonds. The van der Waals surface area contributed by atoms with Crippen molar-refractivity contribution in [3.8, 4) is 6.07 Å². The van der Waals surface area contributed by atoms with Gasteiger partial charge in [0, 0.05) is 16.7 Å². The average Bonchev–Trinajstić information content (AvgIpc) is 2.76. The molecule has 29 heavy (non-hydrogen) atoms. The number of unbranched alkanes of at least 4 members (excludes halogenated alkanes) is 1. The van der Waals surface area contributed by atoms with Crippen molar-refractivity contribution in [3.63, 3.8) is 0 Å². The van der Waals surface area contributed by atoms with Crippen molar-refractivity contribution in [2.45, 2.75) is 19.8 Å². The number of ether oxygens (including phenoxy) is 1. The molecule has 0 heterocycles. The van der Waals surface area contributed by atoms with Crippen molar-refractivity contribution in [2.24, 2.45) is 0 Å². The molecule has 2 aromatic rings. The van der Waals surface area contributed by atoms with E-state index in [1.54, 1.807) is 12.2 Å². The summed E-state index contributed by atoms with van der Waals surface area (Å²) in [5.74, 6) is -0.819. The first kappa shape index (κ1) is 20.0. The summed E-state index contributed by atoms with van der Waals surface area (Å²) in [4.78, 5) is 25.7. The fourth-order valence-corrected chi connectivity index (χ4v) is 3.05. The summed E-state index contributed by atoms with van der Waals surface area (Å²) in [7, 11) is 0. The molecule has 3 rings (SSSR count). The molecule has 4 nitrogen and oxygen atoms in total. The summed E-state index contributed by atoms with van der Waals surface area (Å²) in [5.41, 5.74) is 2.62. The Hall–Kier alpha value is -3.71. The highest BCUT2D eigenvalue weighted by Gasteiger charge is 2.26. The third-order valence-electron chi connectivity index (χ3n) is 4.59. The molecular formula is C25H21NO3. The normalized spacial score (nSPS) is 13.2. The topological polar surface area (TPSA) is 67.2 Å². The van der Waals surface area contributed by atoms with E-state index in [1.165, 1.54) is 0 Å². The summed E-state index contributed by atoms with van der Waals surface area (Å²) < 4.78 is 5.23. The maximum Gasteiger partial charge on any atom is 0.349 e. The minimum absolute atomic E-state index is 0.101. The number of hydrogen-bond donors (Lipinski definition) is 0.